The number of primary amides is 1. The molecule has 3 nitrogen and oxygen atoms in total. The summed E-state index contributed by atoms with van der Waals surface area (Å²) in [6.07, 6.45) is 3.01. The predicted molar refractivity (Wildman–Crippen MR) is 81.9 cm³/mol. The summed E-state index contributed by atoms with van der Waals surface area (Å²) in [6.45, 7) is 4.30. The van der Waals surface area contributed by atoms with Gasteiger partial charge in [-0.1, -0.05) is 36.2 Å². The van der Waals surface area contributed by atoms with Crippen LogP contribution in [0.15, 0.2) is 28.7 Å². The number of carbonyl (C=O) groups excluding carboxylic acids is 1. The highest BCUT2D eigenvalue weighted by Gasteiger charge is 2.45. The molecule has 1 aliphatic carbocycles. The zero-order valence-corrected chi connectivity index (χ0v) is 13.0. The SMILES string of the molecule is CC1CCC(C)C(Nc2ccc(Br)cc2)(C(N)=O)C1. The second-order valence-corrected chi connectivity index (χ2v) is 6.67. The number of hydrogen-bond donors (Lipinski definition) is 2. The number of amides is 1. The van der Waals surface area contributed by atoms with Gasteiger partial charge in [0.1, 0.15) is 5.54 Å². The van der Waals surface area contributed by atoms with Crippen molar-refractivity contribution < 1.29 is 4.79 Å². The third-order valence-corrected chi connectivity index (χ3v) is 4.78. The molecule has 1 aliphatic rings. The van der Waals surface area contributed by atoms with E-state index in [2.05, 4.69) is 35.1 Å². The van der Waals surface area contributed by atoms with Crippen molar-refractivity contribution in [2.45, 2.75) is 38.6 Å². The zero-order chi connectivity index (χ0) is 14.0. The normalized spacial score (nSPS) is 30.9. The second kappa shape index (κ2) is 5.53. The van der Waals surface area contributed by atoms with Gasteiger partial charge in [-0.2, -0.15) is 0 Å². The van der Waals surface area contributed by atoms with Gasteiger partial charge in [-0.3, -0.25) is 4.79 Å². The lowest BCUT2D eigenvalue weighted by Gasteiger charge is -2.43. The Morgan fingerprint density at radius 2 is 1.95 bits per heavy atom. The van der Waals surface area contributed by atoms with Crippen LogP contribution in [0.4, 0.5) is 5.69 Å². The van der Waals surface area contributed by atoms with Crippen molar-refractivity contribution in [2.24, 2.45) is 17.6 Å². The molecule has 4 heteroatoms. The maximum atomic E-state index is 12.1. The minimum atomic E-state index is -0.620. The third kappa shape index (κ3) is 2.94. The molecule has 0 heterocycles. The van der Waals surface area contributed by atoms with E-state index < -0.39 is 5.54 Å². The van der Waals surface area contributed by atoms with Crippen molar-refractivity contribution in [3.8, 4) is 0 Å². The lowest BCUT2D eigenvalue weighted by Crippen LogP contribution is -2.57. The molecule has 1 aromatic rings. The number of benzene rings is 1. The molecule has 1 aromatic carbocycles. The van der Waals surface area contributed by atoms with Crippen LogP contribution in [0.3, 0.4) is 0 Å². The van der Waals surface area contributed by atoms with E-state index in [9.17, 15) is 4.79 Å². The lowest BCUT2D eigenvalue weighted by atomic mass is 9.69. The minimum Gasteiger partial charge on any atom is -0.371 e. The highest BCUT2D eigenvalue weighted by Crippen LogP contribution is 2.39. The molecular weight excluding hydrogens is 304 g/mol. The first-order valence-corrected chi connectivity index (χ1v) is 7.57. The highest BCUT2D eigenvalue weighted by atomic mass is 79.9. The monoisotopic (exact) mass is 324 g/mol. The van der Waals surface area contributed by atoms with E-state index >= 15 is 0 Å². The molecule has 0 aromatic heterocycles. The van der Waals surface area contributed by atoms with Gasteiger partial charge >= 0.3 is 0 Å². The summed E-state index contributed by atoms with van der Waals surface area (Å²) in [5.41, 5.74) is 6.05. The van der Waals surface area contributed by atoms with Gasteiger partial charge in [0.15, 0.2) is 0 Å². The molecule has 0 aliphatic heterocycles. The van der Waals surface area contributed by atoms with Crippen molar-refractivity contribution in [1.29, 1.82) is 0 Å². The Hall–Kier alpha value is -1.03. The maximum absolute atomic E-state index is 12.1. The van der Waals surface area contributed by atoms with Crippen LogP contribution >= 0.6 is 15.9 Å². The molecule has 1 amide bonds. The lowest BCUT2D eigenvalue weighted by molar-refractivity contribution is -0.125. The number of anilines is 1. The van der Waals surface area contributed by atoms with Crippen LogP contribution in [0.1, 0.15) is 33.1 Å². The summed E-state index contributed by atoms with van der Waals surface area (Å²) < 4.78 is 1.02. The molecule has 3 unspecified atom stereocenters. The van der Waals surface area contributed by atoms with Crippen molar-refractivity contribution in [2.75, 3.05) is 5.32 Å². The van der Waals surface area contributed by atoms with Gasteiger partial charge in [-0.05, 0) is 48.9 Å². The van der Waals surface area contributed by atoms with Crippen LogP contribution in [0.5, 0.6) is 0 Å². The van der Waals surface area contributed by atoms with Crippen molar-refractivity contribution in [3.63, 3.8) is 0 Å². The molecule has 1 saturated carbocycles. The van der Waals surface area contributed by atoms with Crippen LogP contribution in [-0.4, -0.2) is 11.4 Å². The van der Waals surface area contributed by atoms with Crippen LogP contribution in [0, 0.1) is 11.8 Å². The summed E-state index contributed by atoms with van der Waals surface area (Å²) in [7, 11) is 0. The Bertz CT molecular complexity index is 460. The van der Waals surface area contributed by atoms with E-state index in [0.717, 1.165) is 29.4 Å². The van der Waals surface area contributed by atoms with Crippen molar-refractivity contribution >= 4 is 27.5 Å². The number of rotatable bonds is 3. The second-order valence-electron chi connectivity index (χ2n) is 5.76. The summed E-state index contributed by atoms with van der Waals surface area (Å²) in [5, 5.41) is 3.41. The van der Waals surface area contributed by atoms with Crippen molar-refractivity contribution in [3.05, 3.63) is 28.7 Å². The fraction of sp³-hybridized carbons (Fsp3) is 0.533. The zero-order valence-electron chi connectivity index (χ0n) is 11.4. The number of hydrogen-bond acceptors (Lipinski definition) is 2. The third-order valence-electron chi connectivity index (χ3n) is 4.26. The first-order valence-electron chi connectivity index (χ1n) is 6.77. The van der Waals surface area contributed by atoms with Gasteiger partial charge in [0, 0.05) is 10.2 Å². The molecule has 19 heavy (non-hydrogen) atoms. The fourth-order valence-electron chi connectivity index (χ4n) is 3.00. The van der Waals surface area contributed by atoms with Crippen molar-refractivity contribution in [1.82, 2.24) is 0 Å². The summed E-state index contributed by atoms with van der Waals surface area (Å²) in [5.74, 6) is 0.533. The Labute approximate surface area is 123 Å². The molecule has 104 valence electrons. The van der Waals surface area contributed by atoms with Gasteiger partial charge in [0.2, 0.25) is 5.91 Å². The summed E-state index contributed by atoms with van der Waals surface area (Å²) >= 11 is 3.42. The first kappa shape index (κ1) is 14.4. The molecule has 0 saturated heterocycles. The van der Waals surface area contributed by atoms with Crippen LogP contribution < -0.4 is 11.1 Å². The number of nitrogens with one attached hydrogen (secondary N) is 1. The molecule has 0 radical (unpaired) electrons. The fourth-order valence-corrected chi connectivity index (χ4v) is 3.27. The number of carbonyl (C=O) groups is 1. The molecule has 1 fully saturated rings. The van der Waals surface area contributed by atoms with Crippen LogP contribution in [0.25, 0.3) is 0 Å². The predicted octanol–water partition coefficient (Wildman–Crippen LogP) is 3.54. The first-order chi connectivity index (χ1) is 8.94. The Morgan fingerprint density at radius 3 is 2.53 bits per heavy atom. The van der Waals surface area contributed by atoms with Crippen LogP contribution in [-0.2, 0) is 4.79 Å². The summed E-state index contributed by atoms with van der Waals surface area (Å²) in [6, 6.07) is 7.88. The van der Waals surface area contributed by atoms with Gasteiger partial charge in [0.05, 0.1) is 0 Å². The number of nitrogens with two attached hydrogens (primary N) is 1. The smallest absolute Gasteiger partial charge is 0.243 e. The molecule has 2 rings (SSSR count). The minimum absolute atomic E-state index is 0.241. The number of halogens is 1. The van der Waals surface area contributed by atoms with E-state index in [1.54, 1.807) is 0 Å². The average molecular weight is 325 g/mol. The van der Waals surface area contributed by atoms with E-state index in [1.165, 1.54) is 0 Å². The van der Waals surface area contributed by atoms with Gasteiger partial charge < -0.3 is 11.1 Å². The Kier molecular flexibility index (Phi) is 4.19. The Balaban J connectivity index is 2.28. The summed E-state index contributed by atoms with van der Waals surface area (Å²) in [4.78, 5) is 12.1. The van der Waals surface area contributed by atoms with Gasteiger partial charge in [0.25, 0.3) is 0 Å². The standard InChI is InChI=1S/C15H21BrN2O/c1-10-3-4-11(2)15(9-10,14(17)19)18-13-7-5-12(16)6-8-13/h5-8,10-11,18H,3-4,9H2,1-2H3,(H2,17,19). The average Bonchev–Trinajstić information content (AvgIpc) is 2.36. The largest absolute Gasteiger partial charge is 0.371 e. The molecule has 0 bridgehead atoms. The molecule has 3 atom stereocenters. The van der Waals surface area contributed by atoms with Crippen LogP contribution in [0.2, 0.25) is 0 Å². The van der Waals surface area contributed by atoms with E-state index in [4.69, 9.17) is 5.73 Å². The maximum Gasteiger partial charge on any atom is 0.243 e. The van der Waals surface area contributed by atoms with E-state index in [-0.39, 0.29) is 11.8 Å². The molecule has 0 spiro atoms. The topological polar surface area (TPSA) is 55.1 Å². The van der Waals surface area contributed by atoms with Gasteiger partial charge in [-0.25, -0.2) is 0 Å². The highest BCUT2D eigenvalue weighted by molar-refractivity contribution is 9.10. The molecular formula is C15H21BrN2O. The Morgan fingerprint density at radius 1 is 1.32 bits per heavy atom. The van der Waals surface area contributed by atoms with E-state index in [1.807, 2.05) is 24.3 Å². The van der Waals surface area contributed by atoms with E-state index in [0.29, 0.717) is 5.92 Å². The quantitative estimate of drug-likeness (QED) is 0.893. The van der Waals surface area contributed by atoms with Gasteiger partial charge in [-0.15, -0.1) is 0 Å². The molecule has 3 N–H and O–H groups in total.